The van der Waals surface area contributed by atoms with Crippen LogP contribution in [0.5, 0.6) is 0 Å². The molecular formula is C64H75BN2S. The first-order chi connectivity index (χ1) is 31.8. The van der Waals surface area contributed by atoms with Gasteiger partial charge in [-0.25, -0.2) is 0 Å². The molecule has 68 heavy (non-hydrogen) atoms. The molecule has 0 unspecified atom stereocenters. The normalized spacial score (nSPS) is 26.2. The van der Waals surface area contributed by atoms with Gasteiger partial charge in [-0.15, -0.1) is 11.3 Å². The summed E-state index contributed by atoms with van der Waals surface area (Å²) in [6.07, 6.45) is 10.7. The van der Waals surface area contributed by atoms with Crippen LogP contribution < -0.4 is 25.5 Å². The minimum atomic E-state index is 0.0319. The van der Waals surface area contributed by atoms with Gasteiger partial charge in [-0.2, -0.15) is 0 Å². The molecule has 6 aliphatic carbocycles. The smallest absolute Gasteiger partial charge is 0.264 e. The summed E-state index contributed by atoms with van der Waals surface area (Å²) < 4.78 is 2.89. The van der Waals surface area contributed by atoms with E-state index in [4.69, 9.17) is 0 Å². The molecule has 6 aromatic rings. The van der Waals surface area contributed by atoms with Gasteiger partial charge in [0, 0.05) is 43.3 Å². The van der Waals surface area contributed by atoms with Gasteiger partial charge in [0.1, 0.15) is 0 Å². The zero-order chi connectivity index (χ0) is 47.6. The zero-order valence-corrected chi connectivity index (χ0v) is 44.7. The van der Waals surface area contributed by atoms with Gasteiger partial charge in [-0.3, -0.25) is 0 Å². The van der Waals surface area contributed by atoms with Crippen LogP contribution >= 0.6 is 11.3 Å². The Morgan fingerprint density at radius 3 is 1.62 bits per heavy atom. The maximum Gasteiger partial charge on any atom is 0.264 e. The van der Waals surface area contributed by atoms with E-state index in [1.165, 1.54) is 133 Å². The number of fused-ring (bicyclic) bond motifs is 8. The largest absolute Gasteiger partial charge is 0.311 e. The minimum absolute atomic E-state index is 0.0319. The number of benzene rings is 5. The highest BCUT2D eigenvalue weighted by atomic mass is 32.1. The van der Waals surface area contributed by atoms with Crippen LogP contribution in [0.25, 0.3) is 10.1 Å². The average molecular weight is 915 g/mol. The molecule has 4 heteroatoms. The highest BCUT2D eigenvalue weighted by Crippen LogP contribution is 2.63. The Bertz CT molecular complexity index is 3110. The van der Waals surface area contributed by atoms with Crippen molar-refractivity contribution < 1.29 is 0 Å². The van der Waals surface area contributed by atoms with Gasteiger partial charge >= 0.3 is 0 Å². The number of nitrogens with zero attached hydrogens (tertiary/aromatic N) is 2. The lowest BCUT2D eigenvalue weighted by Crippen LogP contribution is -2.61. The lowest BCUT2D eigenvalue weighted by molar-refractivity contribution is -0.00514. The number of hydrogen-bond donors (Lipinski definition) is 0. The highest BCUT2D eigenvalue weighted by molar-refractivity contribution is 7.33. The van der Waals surface area contributed by atoms with Crippen LogP contribution in [-0.2, 0) is 37.9 Å². The van der Waals surface area contributed by atoms with Gasteiger partial charge in [0.05, 0.1) is 5.69 Å². The van der Waals surface area contributed by atoms with E-state index in [1.807, 2.05) is 0 Å². The van der Waals surface area contributed by atoms with E-state index in [0.717, 1.165) is 24.2 Å². The van der Waals surface area contributed by atoms with Crippen LogP contribution in [-0.4, -0.2) is 6.71 Å². The molecule has 350 valence electrons. The fraction of sp³-hybridized carbons (Fsp3) is 0.500. The fourth-order valence-corrected chi connectivity index (χ4v) is 18.3. The summed E-state index contributed by atoms with van der Waals surface area (Å²) in [7, 11) is 0. The first-order valence-corrected chi connectivity index (χ1v) is 27.4. The van der Waals surface area contributed by atoms with Crippen molar-refractivity contribution >= 4 is 78.0 Å². The van der Waals surface area contributed by atoms with Crippen LogP contribution in [0.2, 0.25) is 0 Å². The van der Waals surface area contributed by atoms with E-state index >= 15 is 0 Å². The Kier molecular flexibility index (Phi) is 8.72. The second-order valence-electron chi connectivity index (χ2n) is 28.4. The number of rotatable bonds is 3. The predicted octanol–water partition coefficient (Wildman–Crippen LogP) is 16.0. The summed E-state index contributed by atoms with van der Waals surface area (Å²) >= 11 is 2.06. The quantitative estimate of drug-likeness (QED) is 0.163. The summed E-state index contributed by atoms with van der Waals surface area (Å²) in [6.45, 7) is 34.3. The Balaban J connectivity index is 1.17. The van der Waals surface area contributed by atoms with Gasteiger partial charge < -0.3 is 9.80 Å². The summed E-state index contributed by atoms with van der Waals surface area (Å²) in [5.41, 5.74) is 22.5. The van der Waals surface area contributed by atoms with Gasteiger partial charge in [-0.05, 0) is 211 Å². The van der Waals surface area contributed by atoms with Crippen LogP contribution in [0, 0.1) is 17.8 Å². The van der Waals surface area contributed by atoms with Crippen molar-refractivity contribution in [1.82, 2.24) is 0 Å². The molecule has 3 heterocycles. The third-order valence-corrected chi connectivity index (χ3v) is 20.5. The Hall–Kier alpha value is -4.28. The van der Waals surface area contributed by atoms with Crippen LogP contribution in [0.15, 0.2) is 84.9 Å². The van der Waals surface area contributed by atoms with E-state index in [2.05, 4.69) is 203 Å². The molecule has 0 atom stereocenters. The van der Waals surface area contributed by atoms with Crippen molar-refractivity contribution in [2.45, 2.75) is 186 Å². The average Bonchev–Trinajstić information content (AvgIpc) is 3.77. The van der Waals surface area contributed by atoms with Crippen molar-refractivity contribution in [3.05, 3.63) is 124 Å². The number of anilines is 6. The second-order valence-corrected chi connectivity index (χ2v) is 29.5. The molecule has 0 radical (unpaired) electrons. The minimum Gasteiger partial charge on any atom is -0.311 e. The third kappa shape index (κ3) is 6.13. The zero-order valence-electron chi connectivity index (χ0n) is 43.9. The van der Waals surface area contributed by atoms with Crippen molar-refractivity contribution in [2.75, 3.05) is 9.80 Å². The molecule has 4 bridgehead atoms. The monoisotopic (exact) mass is 915 g/mol. The molecule has 4 saturated carbocycles. The lowest BCUT2D eigenvalue weighted by atomic mass is 9.35. The van der Waals surface area contributed by atoms with Gasteiger partial charge in [0.2, 0.25) is 0 Å². The maximum absolute atomic E-state index is 2.81. The Labute approximate surface area is 413 Å². The summed E-state index contributed by atoms with van der Waals surface area (Å²) in [4.78, 5) is 5.60. The summed E-state index contributed by atoms with van der Waals surface area (Å²) in [5, 5.41) is 1.40. The second kappa shape index (κ2) is 13.6. The summed E-state index contributed by atoms with van der Waals surface area (Å²) in [5.74, 6) is 2.58. The molecule has 0 amide bonds. The SMILES string of the molecule is CC(C)(C)c1ccc(N2c3cc(C45CC6CC(CC(C6)C4)C5)cc4c3B(c3cc5c(cc3N4c3ccc4c(c3)C(C)(C)CC4(C)C)C(C)(C)CC5(C)C)c3sc4ccc(C(C)(C)C)cc4c32)cc1. The molecule has 8 aliphatic rings. The van der Waals surface area contributed by atoms with Crippen LogP contribution in [0.3, 0.4) is 0 Å². The highest BCUT2D eigenvalue weighted by Gasteiger charge is 2.54. The van der Waals surface area contributed by atoms with E-state index < -0.39 is 0 Å². The fourth-order valence-electron chi connectivity index (χ4n) is 17.0. The molecule has 4 fully saturated rings. The van der Waals surface area contributed by atoms with Crippen LogP contribution in [0.4, 0.5) is 34.1 Å². The maximum atomic E-state index is 2.81. The summed E-state index contributed by atoms with van der Waals surface area (Å²) in [6, 6.07) is 35.9. The van der Waals surface area contributed by atoms with Gasteiger partial charge in [-0.1, -0.05) is 127 Å². The molecule has 2 aliphatic heterocycles. The molecule has 14 rings (SSSR count). The number of hydrogen-bond acceptors (Lipinski definition) is 3. The molecular weight excluding hydrogens is 840 g/mol. The van der Waals surface area contributed by atoms with Crippen molar-refractivity contribution in [2.24, 2.45) is 17.8 Å². The molecule has 2 nitrogen and oxygen atoms in total. The van der Waals surface area contributed by atoms with Crippen LogP contribution in [0.1, 0.15) is 187 Å². The topological polar surface area (TPSA) is 6.48 Å². The predicted molar refractivity (Wildman–Crippen MR) is 294 cm³/mol. The third-order valence-electron chi connectivity index (χ3n) is 19.3. The first kappa shape index (κ1) is 43.7. The van der Waals surface area contributed by atoms with Crippen molar-refractivity contribution in [1.29, 1.82) is 0 Å². The van der Waals surface area contributed by atoms with E-state index in [0.29, 0.717) is 0 Å². The Morgan fingerprint density at radius 1 is 0.515 bits per heavy atom. The molecule has 1 aromatic heterocycles. The van der Waals surface area contributed by atoms with E-state index in [1.54, 1.807) is 11.1 Å². The van der Waals surface area contributed by atoms with Gasteiger partial charge in [0.15, 0.2) is 0 Å². The van der Waals surface area contributed by atoms with E-state index in [9.17, 15) is 0 Å². The van der Waals surface area contributed by atoms with E-state index in [-0.39, 0.29) is 44.6 Å². The van der Waals surface area contributed by atoms with Gasteiger partial charge in [0.25, 0.3) is 6.71 Å². The first-order valence-electron chi connectivity index (χ1n) is 26.6. The molecule has 5 aromatic carbocycles. The standard InChI is InChI=1S/C64H75BN2S/c1-58(2,3)40-15-18-43(19-16-40)67-53-28-42(64-32-37-23-38(33-64)25-39(24-37)34-64)27-52-55(53)65(57-56(67)45-26-41(59(4,5)6)17-22-54(45)68-57)50-30-48-49(63(13,14)36-62(48,11)12)31-51(50)66(52)44-20-21-46-47(29-44)61(9,10)35-60(46,7)8/h15-22,26-31,37-39H,23-25,32-36H2,1-14H3. The molecule has 0 saturated heterocycles. The van der Waals surface area contributed by atoms with Crippen molar-refractivity contribution in [3.63, 3.8) is 0 Å². The number of thiophene rings is 1. The Morgan fingerprint density at radius 2 is 1.03 bits per heavy atom. The molecule has 0 N–H and O–H groups in total. The molecule has 0 spiro atoms. The van der Waals surface area contributed by atoms with Crippen molar-refractivity contribution in [3.8, 4) is 0 Å². The lowest BCUT2D eigenvalue weighted by Gasteiger charge is -2.57.